The van der Waals surface area contributed by atoms with Crippen molar-refractivity contribution in [2.45, 2.75) is 38.8 Å². The van der Waals surface area contributed by atoms with Gasteiger partial charge in [0.1, 0.15) is 23.7 Å². The standard InChI is InChI=1S/C18H22N4O3/c1-2-24-13-3-4-16-14(10-13)15(6-8-25-16)21-18(23)12-5-7-22-17(9-12)19-11-20-22/h3-4,10-12,15H,2,5-9H2,1H3,(H,21,23). The van der Waals surface area contributed by atoms with Crippen LogP contribution in [0.1, 0.15) is 37.2 Å². The molecule has 1 amide bonds. The average molecular weight is 342 g/mol. The predicted octanol–water partition coefficient (Wildman–Crippen LogP) is 1.88. The van der Waals surface area contributed by atoms with Crippen LogP contribution in [0.5, 0.6) is 11.5 Å². The summed E-state index contributed by atoms with van der Waals surface area (Å²) in [5, 5.41) is 7.37. The highest BCUT2D eigenvalue weighted by molar-refractivity contribution is 5.79. The van der Waals surface area contributed by atoms with Crippen molar-refractivity contribution in [1.82, 2.24) is 20.1 Å². The molecule has 2 atom stereocenters. The number of benzene rings is 1. The van der Waals surface area contributed by atoms with Crippen molar-refractivity contribution < 1.29 is 14.3 Å². The van der Waals surface area contributed by atoms with Crippen LogP contribution in [0.4, 0.5) is 0 Å². The molecule has 0 saturated heterocycles. The number of aromatic nitrogens is 3. The van der Waals surface area contributed by atoms with Crippen LogP contribution in [0.2, 0.25) is 0 Å². The van der Waals surface area contributed by atoms with E-state index in [1.54, 1.807) is 6.33 Å². The minimum Gasteiger partial charge on any atom is -0.494 e. The molecule has 0 saturated carbocycles. The van der Waals surface area contributed by atoms with E-state index in [1.807, 2.05) is 29.8 Å². The van der Waals surface area contributed by atoms with Crippen LogP contribution in [0, 0.1) is 5.92 Å². The van der Waals surface area contributed by atoms with E-state index in [0.717, 1.165) is 42.3 Å². The summed E-state index contributed by atoms with van der Waals surface area (Å²) >= 11 is 0. The average Bonchev–Trinajstić information content (AvgIpc) is 3.10. The van der Waals surface area contributed by atoms with Crippen molar-refractivity contribution in [1.29, 1.82) is 0 Å². The summed E-state index contributed by atoms with van der Waals surface area (Å²) in [7, 11) is 0. The largest absolute Gasteiger partial charge is 0.494 e. The Hall–Kier alpha value is -2.57. The maximum Gasteiger partial charge on any atom is 0.224 e. The number of nitrogens with one attached hydrogen (secondary N) is 1. The van der Waals surface area contributed by atoms with Gasteiger partial charge in [0.15, 0.2) is 0 Å². The molecule has 0 spiro atoms. The Morgan fingerprint density at radius 1 is 1.44 bits per heavy atom. The summed E-state index contributed by atoms with van der Waals surface area (Å²) < 4.78 is 13.2. The van der Waals surface area contributed by atoms with E-state index in [0.29, 0.717) is 19.6 Å². The summed E-state index contributed by atoms with van der Waals surface area (Å²) in [6.45, 7) is 3.91. The van der Waals surface area contributed by atoms with Gasteiger partial charge < -0.3 is 14.8 Å². The molecule has 2 aliphatic rings. The molecule has 0 radical (unpaired) electrons. The lowest BCUT2D eigenvalue weighted by Gasteiger charge is -2.29. The van der Waals surface area contributed by atoms with E-state index in [2.05, 4.69) is 15.4 Å². The van der Waals surface area contributed by atoms with Gasteiger partial charge in [0.05, 0.1) is 19.3 Å². The molecule has 0 aliphatic carbocycles. The smallest absolute Gasteiger partial charge is 0.224 e. The highest BCUT2D eigenvalue weighted by atomic mass is 16.5. The van der Waals surface area contributed by atoms with Crippen LogP contribution in [-0.2, 0) is 17.8 Å². The van der Waals surface area contributed by atoms with Crippen LogP contribution >= 0.6 is 0 Å². The molecule has 1 N–H and O–H groups in total. The second-order valence-corrected chi connectivity index (χ2v) is 6.42. The second kappa shape index (κ2) is 6.74. The van der Waals surface area contributed by atoms with Gasteiger partial charge >= 0.3 is 0 Å². The minimum absolute atomic E-state index is 0.0450. The molecule has 2 aliphatic heterocycles. The van der Waals surface area contributed by atoms with E-state index < -0.39 is 0 Å². The number of carbonyl (C=O) groups is 1. The molecular weight excluding hydrogens is 320 g/mol. The summed E-state index contributed by atoms with van der Waals surface area (Å²) in [5.74, 6) is 2.53. The van der Waals surface area contributed by atoms with Crippen LogP contribution < -0.4 is 14.8 Å². The third-order valence-electron chi connectivity index (χ3n) is 4.83. The van der Waals surface area contributed by atoms with Crippen molar-refractivity contribution in [3.63, 3.8) is 0 Å². The minimum atomic E-state index is -0.0573. The van der Waals surface area contributed by atoms with E-state index in [-0.39, 0.29) is 17.9 Å². The number of fused-ring (bicyclic) bond motifs is 2. The fourth-order valence-electron chi connectivity index (χ4n) is 3.53. The molecule has 0 fully saturated rings. The first-order chi connectivity index (χ1) is 12.2. The molecule has 25 heavy (non-hydrogen) atoms. The van der Waals surface area contributed by atoms with Gasteiger partial charge in [-0.05, 0) is 31.5 Å². The maximum atomic E-state index is 12.8. The van der Waals surface area contributed by atoms with Gasteiger partial charge in [-0.1, -0.05) is 0 Å². The highest BCUT2D eigenvalue weighted by Gasteiger charge is 2.30. The van der Waals surface area contributed by atoms with Gasteiger partial charge in [0, 0.05) is 30.9 Å². The first-order valence-corrected chi connectivity index (χ1v) is 8.81. The number of nitrogens with zero attached hydrogens (tertiary/aromatic N) is 3. The molecule has 1 aromatic carbocycles. The third kappa shape index (κ3) is 3.18. The number of amides is 1. The van der Waals surface area contributed by atoms with Crippen LogP contribution in [0.25, 0.3) is 0 Å². The van der Waals surface area contributed by atoms with Crippen molar-refractivity contribution in [2.24, 2.45) is 5.92 Å². The molecule has 1 aromatic heterocycles. The second-order valence-electron chi connectivity index (χ2n) is 6.42. The Morgan fingerprint density at radius 2 is 2.36 bits per heavy atom. The normalized spacial score (nSPS) is 21.6. The number of carbonyl (C=O) groups excluding carboxylic acids is 1. The number of hydrogen-bond donors (Lipinski definition) is 1. The molecule has 4 rings (SSSR count). The number of hydrogen-bond acceptors (Lipinski definition) is 5. The lowest BCUT2D eigenvalue weighted by molar-refractivity contribution is -0.126. The fourth-order valence-corrected chi connectivity index (χ4v) is 3.53. The van der Waals surface area contributed by atoms with Crippen molar-refractivity contribution in [3.05, 3.63) is 35.9 Å². The topological polar surface area (TPSA) is 78.3 Å². The maximum absolute atomic E-state index is 12.8. The molecule has 2 aromatic rings. The van der Waals surface area contributed by atoms with Gasteiger partial charge in [-0.2, -0.15) is 5.10 Å². The Bertz CT molecular complexity index is 773. The zero-order chi connectivity index (χ0) is 17.2. The van der Waals surface area contributed by atoms with Gasteiger partial charge in [-0.3, -0.25) is 9.48 Å². The Labute approximate surface area is 146 Å². The van der Waals surface area contributed by atoms with Crippen molar-refractivity contribution in [3.8, 4) is 11.5 Å². The van der Waals surface area contributed by atoms with Gasteiger partial charge in [-0.25, -0.2) is 4.98 Å². The van der Waals surface area contributed by atoms with E-state index >= 15 is 0 Å². The summed E-state index contributed by atoms with van der Waals surface area (Å²) in [6.07, 6.45) is 3.75. The lowest BCUT2D eigenvalue weighted by atomic mass is 9.94. The Morgan fingerprint density at radius 3 is 3.24 bits per heavy atom. The Kier molecular flexibility index (Phi) is 4.29. The fraction of sp³-hybridized carbons (Fsp3) is 0.500. The van der Waals surface area contributed by atoms with Crippen LogP contribution in [0.3, 0.4) is 0 Å². The number of ether oxygens (including phenoxy) is 2. The van der Waals surface area contributed by atoms with Gasteiger partial charge in [-0.15, -0.1) is 0 Å². The van der Waals surface area contributed by atoms with Crippen LogP contribution in [0.15, 0.2) is 24.5 Å². The Balaban J connectivity index is 1.48. The van der Waals surface area contributed by atoms with Crippen molar-refractivity contribution in [2.75, 3.05) is 13.2 Å². The predicted molar refractivity (Wildman–Crippen MR) is 90.4 cm³/mol. The summed E-state index contributed by atoms with van der Waals surface area (Å²) in [6, 6.07) is 5.75. The zero-order valence-corrected chi connectivity index (χ0v) is 14.3. The number of aryl methyl sites for hydroxylation is 1. The molecule has 2 unspecified atom stereocenters. The molecular formula is C18H22N4O3. The quantitative estimate of drug-likeness (QED) is 0.918. The van der Waals surface area contributed by atoms with E-state index in [4.69, 9.17) is 9.47 Å². The van der Waals surface area contributed by atoms with E-state index in [9.17, 15) is 4.79 Å². The molecule has 0 bridgehead atoms. The van der Waals surface area contributed by atoms with Gasteiger partial charge in [0.25, 0.3) is 0 Å². The van der Waals surface area contributed by atoms with Crippen LogP contribution in [-0.4, -0.2) is 33.9 Å². The van der Waals surface area contributed by atoms with Crippen molar-refractivity contribution >= 4 is 5.91 Å². The third-order valence-corrected chi connectivity index (χ3v) is 4.83. The summed E-state index contributed by atoms with van der Waals surface area (Å²) in [4.78, 5) is 17.0. The molecule has 7 nitrogen and oxygen atoms in total. The molecule has 3 heterocycles. The van der Waals surface area contributed by atoms with Gasteiger partial charge in [0.2, 0.25) is 5.91 Å². The number of rotatable bonds is 4. The SMILES string of the molecule is CCOc1ccc2c(c1)C(NC(=O)C1CCn3ncnc3C1)CCO2. The van der Waals surface area contributed by atoms with E-state index in [1.165, 1.54) is 0 Å². The zero-order valence-electron chi connectivity index (χ0n) is 14.3. The molecule has 7 heteroatoms. The summed E-state index contributed by atoms with van der Waals surface area (Å²) in [5.41, 5.74) is 0.990. The molecule has 132 valence electrons. The monoisotopic (exact) mass is 342 g/mol. The highest BCUT2D eigenvalue weighted by Crippen LogP contribution is 2.35. The lowest BCUT2D eigenvalue weighted by Crippen LogP contribution is -2.39. The first kappa shape index (κ1) is 15.9. The first-order valence-electron chi connectivity index (χ1n) is 8.81.